The molecule has 0 bridgehead atoms. The van der Waals surface area contributed by atoms with Crippen LogP contribution >= 0.6 is 17.2 Å². The number of rotatable bonds is 5. The van der Waals surface area contributed by atoms with Crippen molar-refractivity contribution in [3.63, 3.8) is 0 Å². The predicted molar refractivity (Wildman–Crippen MR) is 106 cm³/mol. The topological polar surface area (TPSA) is 23.8 Å². The van der Waals surface area contributed by atoms with Crippen LogP contribution in [0.2, 0.25) is 0 Å². The zero-order chi connectivity index (χ0) is 16.9. The van der Waals surface area contributed by atoms with E-state index in [4.69, 9.17) is 11.2 Å². The van der Waals surface area contributed by atoms with E-state index in [2.05, 4.69) is 42.5 Å². The molecule has 0 amide bonds. The standard InChI is InChI=1S/C21H19ClNP/c22-24(18-10-17-23,19-11-4-1-5-12-19,20-13-6-2-7-14-20)21-15-8-3-9-16-21/h1-9,11-16H,10,18H2. The van der Waals surface area contributed by atoms with Crippen LogP contribution in [-0.4, -0.2) is 6.16 Å². The first-order valence-corrected chi connectivity index (χ1v) is 11.3. The van der Waals surface area contributed by atoms with Crippen LogP contribution in [0.25, 0.3) is 0 Å². The minimum absolute atomic E-state index is 0.417. The van der Waals surface area contributed by atoms with Crippen molar-refractivity contribution in [2.45, 2.75) is 6.42 Å². The fraction of sp³-hybridized carbons (Fsp3) is 0.0952. The number of halogens is 1. The normalized spacial score (nSPS) is 12.8. The van der Waals surface area contributed by atoms with Crippen LogP contribution in [0.4, 0.5) is 0 Å². The fourth-order valence-corrected chi connectivity index (χ4v) is 9.15. The molecule has 0 aromatic heterocycles. The summed E-state index contributed by atoms with van der Waals surface area (Å²) in [5, 5.41) is 12.6. The van der Waals surface area contributed by atoms with Crippen LogP contribution in [0.3, 0.4) is 0 Å². The van der Waals surface area contributed by atoms with Gasteiger partial charge in [-0.15, -0.1) is 0 Å². The van der Waals surface area contributed by atoms with E-state index in [9.17, 15) is 5.26 Å². The van der Waals surface area contributed by atoms with Gasteiger partial charge in [0.25, 0.3) is 0 Å². The second-order valence-electron chi connectivity index (χ2n) is 5.82. The van der Waals surface area contributed by atoms with Gasteiger partial charge in [-0.1, -0.05) is 0 Å². The summed E-state index contributed by atoms with van der Waals surface area (Å²) in [6.45, 7) is 0. The molecule has 0 aliphatic carbocycles. The second kappa shape index (κ2) is 6.78. The molecule has 0 heterocycles. The number of nitriles is 1. The third kappa shape index (κ3) is 2.63. The van der Waals surface area contributed by atoms with Crippen LogP contribution in [0.5, 0.6) is 0 Å². The molecule has 3 rings (SSSR count). The van der Waals surface area contributed by atoms with E-state index in [1.165, 1.54) is 0 Å². The van der Waals surface area contributed by atoms with Crippen LogP contribution < -0.4 is 15.9 Å². The molecule has 0 fully saturated rings. The van der Waals surface area contributed by atoms with Crippen molar-refractivity contribution in [3.05, 3.63) is 91.0 Å². The molecular weight excluding hydrogens is 333 g/mol. The van der Waals surface area contributed by atoms with E-state index < -0.39 is 5.96 Å². The molecule has 1 nitrogen and oxygen atoms in total. The zero-order valence-electron chi connectivity index (χ0n) is 13.3. The molecule has 120 valence electrons. The van der Waals surface area contributed by atoms with Crippen LogP contribution in [0, 0.1) is 11.3 Å². The molecule has 0 spiro atoms. The zero-order valence-corrected chi connectivity index (χ0v) is 15.0. The Morgan fingerprint density at radius 3 is 1.29 bits per heavy atom. The van der Waals surface area contributed by atoms with Gasteiger partial charge in [0.05, 0.1) is 0 Å². The first kappa shape index (κ1) is 16.7. The molecule has 0 unspecified atom stereocenters. The van der Waals surface area contributed by atoms with Gasteiger partial charge >= 0.3 is 148 Å². The first-order valence-electron chi connectivity index (χ1n) is 7.97. The Kier molecular flexibility index (Phi) is 4.72. The molecule has 3 aromatic carbocycles. The van der Waals surface area contributed by atoms with E-state index in [-0.39, 0.29) is 0 Å². The van der Waals surface area contributed by atoms with Crippen LogP contribution in [0.15, 0.2) is 91.0 Å². The fourth-order valence-electron chi connectivity index (χ4n) is 3.31. The van der Waals surface area contributed by atoms with Gasteiger partial charge < -0.3 is 0 Å². The van der Waals surface area contributed by atoms with Gasteiger partial charge in [-0.2, -0.15) is 0 Å². The Labute approximate surface area is 148 Å². The maximum absolute atomic E-state index is 9.30. The van der Waals surface area contributed by atoms with Crippen molar-refractivity contribution >= 4 is 33.1 Å². The molecule has 0 atom stereocenters. The Balaban J connectivity index is 2.40. The number of nitrogens with zero attached hydrogens (tertiary/aromatic N) is 1. The number of benzene rings is 3. The summed E-state index contributed by atoms with van der Waals surface area (Å²) in [5.74, 6) is -3.20. The second-order valence-corrected chi connectivity index (χ2v) is 12.4. The molecule has 0 saturated carbocycles. The molecule has 0 saturated heterocycles. The van der Waals surface area contributed by atoms with Crippen molar-refractivity contribution in [2.24, 2.45) is 0 Å². The third-order valence-corrected chi connectivity index (χ3v) is 12.0. The van der Waals surface area contributed by atoms with E-state index in [0.717, 1.165) is 15.9 Å². The Bertz CT molecular complexity index is 742. The van der Waals surface area contributed by atoms with Crippen molar-refractivity contribution in [3.8, 4) is 6.07 Å². The van der Waals surface area contributed by atoms with Gasteiger partial charge in [-0.25, -0.2) is 0 Å². The monoisotopic (exact) mass is 351 g/mol. The Morgan fingerprint density at radius 1 is 0.667 bits per heavy atom. The van der Waals surface area contributed by atoms with E-state index in [1.807, 2.05) is 54.6 Å². The van der Waals surface area contributed by atoms with Crippen molar-refractivity contribution < 1.29 is 0 Å². The van der Waals surface area contributed by atoms with Gasteiger partial charge in [0, 0.05) is 0 Å². The summed E-state index contributed by atoms with van der Waals surface area (Å²) < 4.78 is 0. The molecule has 0 aliphatic rings. The predicted octanol–water partition coefficient (Wildman–Crippen LogP) is 4.58. The first-order chi connectivity index (χ1) is 11.7. The summed E-state index contributed by atoms with van der Waals surface area (Å²) in [6.07, 6.45) is 1.04. The van der Waals surface area contributed by atoms with Gasteiger partial charge in [0.15, 0.2) is 0 Å². The van der Waals surface area contributed by atoms with Crippen LogP contribution in [0.1, 0.15) is 6.42 Å². The number of hydrogen-bond donors (Lipinski definition) is 0. The third-order valence-electron chi connectivity index (χ3n) is 4.53. The minimum atomic E-state index is -3.20. The Hall–Kier alpha value is -2.13. The molecule has 3 aromatic rings. The van der Waals surface area contributed by atoms with Crippen LogP contribution in [-0.2, 0) is 0 Å². The average Bonchev–Trinajstić information content (AvgIpc) is 2.68. The maximum atomic E-state index is 9.30. The molecule has 0 aliphatic heterocycles. The quantitative estimate of drug-likeness (QED) is 0.617. The molecular formula is C21H19ClNP. The summed E-state index contributed by atoms with van der Waals surface area (Å²) >= 11 is 7.73. The number of hydrogen-bond acceptors (Lipinski definition) is 1. The van der Waals surface area contributed by atoms with E-state index >= 15 is 0 Å². The molecule has 24 heavy (non-hydrogen) atoms. The molecule has 0 N–H and O–H groups in total. The van der Waals surface area contributed by atoms with Crippen molar-refractivity contribution in [1.29, 1.82) is 5.26 Å². The Morgan fingerprint density at radius 2 is 1.00 bits per heavy atom. The van der Waals surface area contributed by atoms with Gasteiger partial charge in [-0.05, 0) is 0 Å². The molecule has 0 radical (unpaired) electrons. The summed E-state index contributed by atoms with van der Waals surface area (Å²) in [7, 11) is 0. The van der Waals surface area contributed by atoms with Crippen molar-refractivity contribution in [2.75, 3.05) is 6.16 Å². The SMILES string of the molecule is N#CCCP(Cl)(c1ccccc1)(c1ccccc1)c1ccccc1. The average molecular weight is 352 g/mol. The van der Waals surface area contributed by atoms with E-state index in [0.29, 0.717) is 12.6 Å². The summed E-state index contributed by atoms with van der Waals surface area (Å²) in [4.78, 5) is 0. The van der Waals surface area contributed by atoms with Gasteiger partial charge in [0.1, 0.15) is 0 Å². The molecule has 3 heteroatoms. The summed E-state index contributed by atoms with van der Waals surface area (Å²) in [5.41, 5.74) is 0. The summed E-state index contributed by atoms with van der Waals surface area (Å²) in [6, 6.07) is 33.1. The van der Waals surface area contributed by atoms with Gasteiger partial charge in [-0.3, -0.25) is 0 Å². The van der Waals surface area contributed by atoms with Crippen molar-refractivity contribution in [1.82, 2.24) is 0 Å². The van der Waals surface area contributed by atoms with Gasteiger partial charge in [0.2, 0.25) is 0 Å². The van der Waals surface area contributed by atoms with E-state index in [1.54, 1.807) is 0 Å².